The number of aliphatic hydroxyl groups is 5. The van der Waals surface area contributed by atoms with Crippen molar-refractivity contribution in [1.29, 1.82) is 0 Å². The molecule has 1 heterocycles. The van der Waals surface area contributed by atoms with Gasteiger partial charge in [0.1, 0.15) is 18.3 Å². The van der Waals surface area contributed by atoms with Crippen LogP contribution in [-0.2, 0) is 0 Å². The summed E-state index contributed by atoms with van der Waals surface area (Å²) >= 11 is 0. The molecule has 0 bridgehead atoms. The number of hydrogen-bond donors (Lipinski definition) is 6. The maximum atomic E-state index is 9.04. The van der Waals surface area contributed by atoms with Crippen molar-refractivity contribution in [3.05, 3.63) is 0 Å². The molecule has 1 aliphatic rings. The van der Waals surface area contributed by atoms with E-state index in [-0.39, 0.29) is 6.54 Å². The summed E-state index contributed by atoms with van der Waals surface area (Å²) in [6, 6.07) is 0. The minimum Gasteiger partial charge on any atom is -0.394 e. The summed E-state index contributed by atoms with van der Waals surface area (Å²) in [4.78, 5) is 2.52. The average Bonchev–Trinajstić information content (AvgIpc) is 2.53. The Labute approximate surface area is 120 Å². The molecule has 1 aliphatic heterocycles. The summed E-state index contributed by atoms with van der Waals surface area (Å²) in [7, 11) is 0. The molecule has 0 saturated carbocycles. The normalized spacial score (nSPS) is 22.4. The third-order valence-electron chi connectivity index (χ3n) is 3.46. The topological polar surface area (TPSA) is 130 Å². The highest BCUT2D eigenvalue weighted by Gasteiger charge is 2.28. The highest BCUT2D eigenvalue weighted by molar-refractivity contribution is 4.80. The Balaban J connectivity index is 0.000000388. The molecule has 20 heavy (non-hydrogen) atoms. The fourth-order valence-corrected chi connectivity index (χ4v) is 1.98. The van der Waals surface area contributed by atoms with E-state index in [4.69, 9.17) is 31.3 Å². The second-order valence-electron chi connectivity index (χ2n) is 5.03. The van der Waals surface area contributed by atoms with Crippen molar-refractivity contribution in [2.75, 3.05) is 32.8 Å². The molecule has 7 heteroatoms. The number of rotatable bonds is 6. The molecule has 0 unspecified atom stereocenters. The summed E-state index contributed by atoms with van der Waals surface area (Å²) in [6.45, 7) is 5.27. The van der Waals surface area contributed by atoms with Gasteiger partial charge in [0.15, 0.2) is 0 Å². The maximum absolute atomic E-state index is 9.04. The highest BCUT2D eigenvalue weighted by atomic mass is 16.4. The molecule has 7 N–H and O–H groups in total. The zero-order valence-corrected chi connectivity index (χ0v) is 12.2. The van der Waals surface area contributed by atoms with Gasteiger partial charge in [0.25, 0.3) is 0 Å². The van der Waals surface area contributed by atoms with Gasteiger partial charge in [0.2, 0.25) is 0 Å². The minimum atomic E-state index is -1.59. The molecule has 0 radical (unpaired) electrons. The molecule has 0 aromatic rings. The van der Waals surface area contributed by atoms with Gasteiger partial charge >= 0.3 is 0 Å². The Morgan fingerprint density at radius 1 is 0.950 bits per heavy atom. The average molecular weight is 294 g/mol. The van der Waals surface area contributed by atoms with Crippen LogP contribution in [0.4, 0.5) is 0 Å². The zero-order chi connectivity index (χ0) is 15.5. The number of nitrogens with two attached hydrogens (primary N) is 1. The van der Waals surface area contributed by atoms with Crippen LogP contribution in [0, 0.1) is 0 Å². The lowest BCUT2D eigenvalue weighted by molar-refractivity contribution is -0.112. The fraction of sp³-hybridized carbons (Fsp3) is 1.00. The smallest absolute Gasteiger partial charge is 0.111 e. The zero-order valence-electron chi connectivity index (χ0n) is 12.2. The van der Waals surface area contributed by atoms with E-state index >= 15 is 0 Å². The van der Waals surface area contributed by atoms with Gasteiger partial charge in [-0.05, 0) is 32.5 Å². The van der Waals surface area contributed by atoms with Crippen LogP contribution in [0.2, 0.25) is 0 Å². The first-order chi connectivity index (χ1) is 9.47. The third-order valence-corrected chi connectivity index (χ3v) is 3.46. The summed E-state index contributed by atoms with van der Waals surface area (Å²) in [5.41, 5.74) is 4.99. The van der Waals surface area contributed by atoms with Crippen molar-refractivity contribution >= 4 is 0 Å². The van der Waals surface area contributed by atoms with E-state index in [1.807, 2.05) is 0 Å². The third kappa shape index (κ3) is 7.49. The van der Waals surface area contributed by atoms with Crippen LogP contribution in [0.1, 0.15) is 26.2 Å². The van der Waals surface area contributed by atoms with E-state index < -0.39 is 31.0 Å². The molecule has 0 amide bonds. The summed E-state index contributed by atoms with van der Waals surface area (Å²) < 4.78 is 0. The van der Waals surface area contributed by atoms with Crippen LogP contribution < -0.4 is 5.73 Å². The molecule has 0 aliphatic carbocycles. The van der Waals surface area contributed by atoms with Crippen molar-refractivity contribution in [2.24, 2.45) is 5.73 Å². The molecule has 122 valence electrons. The lowest BCUT2D eigenvalue weighted by atomic mass is 10.0. The molecule has 1 rings (SSSR count). The second kappa shape index (κ2) is 11.4. The lowest BCUT2D eigenvalue weighted by Crippen LogP contribution is -2.48. The first-order valence-corrected chi connectivity index (χ1v) is 7.23. The molecule has 0 aromatic carbocycles. The minimum absolute atomic E-state index is 0.226. The van der Waals surface area contributed by atoms with Crippen molar-refractivity contribution < 1.29 is 25.5 Å². The van der Waals surface area contributed by atoms with Crippen LogP contribution in [-0.4, -0.2) is 87.6 Å². The summed E-state index contributed by atoms with van der Waals surface area (Å²) in [5, 5.41) is 44.2. The fourth-order valence-electron chi connectivity index (χ4n) is 1.98. The van der Waals surface area contributed by atoms with E-state index in [0.717, 1.165) is 0 Å². The molecule has 0 aromatic heterocycles. The van der Waals surface area contributed by atoms with Crippen molar-refractivity contribution in [1.82, 2.24) is 4.90 Å². The Morgan fingerprint density at radius 3 is 1.80 bits per heavy atom. The van der Waals surface area contributed by atoms with Gasteiger partial charge in [-0.2, -0.15) is 0 Å². The van der Waals surface area contributed by atoms with Gasteiger partial charge < -0.3 is 36.2 Å². The number of likely N-dealkylation sites (tertiary alicyclic amines) is 1. The molecular formula is C13H30N2O5. The van der Waals surface area contributed by atoms with Crippen LogP contribution in [0.25, 0.3) is 0 Å². The van der Waals surface area contributed by atoms with Gasteiger partial charge in [-0.15, -0.1) is 0 Å². The summed E-state index contributed by atoms with van der Waals surface area (Å²) in [5.74, 6) is 0. The summed E-state index contributed by atoms with van der Waals surface area (Å²) in [6.07, 6.45) is -1.61. The molecule has 1 saturated heterocycles. The van der Waals surface area contributed by atoms with Gasteiger partial charge in [-0.3, -0.25) is 0 Å². The van der Waals surface area contributed by atoms with Crippen LogP contribution in [0.3, 0.4) is 0 Å². The second-order valence-corrected chi connectivity index (χ2v) is 5.03. The first-order valence-electron chi connectivity index (χ1n) is 7.23. The van der Waals surface area contributed by atoms with E-state index in [2.05, 4.69) is 11.8 Å². The van der Waals surface area contributed by atoms with Crippen molar-refractivity contribution in [3.63, 3.8) is 0 Å². The van der Waals surface area contributed by atoms with Crippen LogP contribution in [0.5, 0.6) is 0 Å². The van der Waals surface area contributed by atoms with E-state index in [0.29, 0.717) is 0 Å². The lowest BCUT2D eigenvalue weighted by Gasteiger charge is -2.24. The molecular weight excluding hydrogens is 264 g/mol. The Bertz CT molecular complexity index is 213. The quantitative estimate of drug-likeness (QED) is 0.330. The standard InChI is InChI=1S/C7H15N.C6H15NO5/c1-2-8-6-4-3-5-7-8;7-1-3(9)5(11)6(12)4(10)2-8/h2-7H2,1H3;3-6,8-12H,1-2,7H2/t;3-,4+,5+,6+/m.0/s1. The molecule has 0 spiro atoms. The number of aliphatic hydroxyl groups excluding tert-OH is 5. The van der Waals surface area contributed by atoms with Crippen molar-refractivity contribution in [2.45, 2.75) is 50.6 Å². The SMILES string of the molecule is CCN1CCCCC1.NC[C@H](O)[C@@H](O)[C@H](O)[C@H](O)CO. The van der Waals surface area contributed by atoms with E-state index in [9.17, 15) is 0 Å². The van der Waals surface area contributed by atoms with Crippen molar-refractivity contribution in [3.8, 4) is 0 Å². The molecule has 7 nitrogen and oxygen atoms in total. The van der Waals surface area contributed by atoms with Gasteiger partial charge in [-0.1, -0.05) is 13.3 Å². The Kier molecular flexibility index (Phi) is 11.2. The monoisotopic (exact) mass is 294 g/mol. The molecule has 4 atom stereocenters. The number of hydrogen-bond acceptors (Lipinski definition) is 7. The van der Waals surface area contributed by atoms with E-state index in [1.54, 1.807) is 0 Å². The molecule has 1 fully saturated rings. The predicted molar refractivity (Wildman–Crippen MR) is 76.1 cm³/mol. The Morgan fingerprint density at radius 2 is 1.45 bits per heavy atom. The van der Waals surface area contributed by atoms with Crippen LogP contribution >= 0.6 is 0 Å². The van der Waals surface area contributed by atoms with E-state index in [1.165, 1.54) is 38.9 Å². The highest BCUT2D eigenvalue weighted by Crippen LogP contribution is 2.06. The number of nitrogens with zero attached hydrogens (tertiary/aromatic N) is 1. The van der Waals surface area contributed by atoms with Gasteiger partial charge in [-0.25, -0.2) is 0 Å². The predicted octanol–water partition coefficient (Wildman–Crippen LogP) is -2.13. The largest absolute Gasteiger partial charge is 0.394 e. The maximum Gasteiger partial charge on any atom is 0.111 e. The number of piperidine rings is 1. The van der Waals surface area contributed by atoms with Gasteiger partial charge in [0.05, 0.1) is 12.7 Å². The van der Waals surface area contributed by atoms with Crippen LogP contribution in [0.15, 0.2) is 0 Å². The Hall–Kier alpha value is -0.280. The van der Waals surface area contributed by atoms with Gasteiger partial charge in [0, 0.05) is 6.54 Å². The first kappa shape index (κ1) is 19.7.